The fourth-order valence-corrected chi connectivity index (χ4v) is 3.62. The minimum atomic E-state index is 0.131. The van der Waals surface area contributed by atoms with Gasteiger partial charge < -0.3 is 0 Å². The third-order valence-corrected chi connectivity index (χ3v) is 5.13. The minimum absolute atomic E-state index is 0.131. The van der Waals surface area contributed by atoms with Crippen LogP contribution in [0.25, 0.3) is 0 Å². The molecule has 0 aromatic carbocycles. The van der Waals surface area contributed by atoms with Crippen LogP contribution in [0.2, 0.25) is 0 Å². The Morgan fingerprint density at radius 3 is 2.53 bits per heavy atom. The van der Waals surface area contributed by atoms with Gasteiger partial charge in [0.2, 0.25) is 0 Å². The van der Waals surface area contributed by atoms with Crippen molar-refractivity contribution >= 4 is 15.9 Å². The van der Waals surface area contributed by atoms with E-state index in [-0.39, 0.29) is 5.56 Å². The Balaban J connectivity index is 1.94. The van der Waals surface area contributed by atoms with Crippen LogP contribution in [0.3, 0.4) is 0 Å². The van der Waals surface area contributed by atoms with E-state index in [0.29, 0.717) is 17.9 Å². The number of hydrogen-bond donors (Lipinski definition) is 1. The van der Waals surface area contributed by atoms with Gasteiger partial charge in [-0.25, -0.2) is 4.68 Å². The lowest BCUT2D eigenvalue weighted by Gasteiger charge is -2.11. The van der Waals surface area contributed by atoms with E-state index in [1.165, 1.54) is 38.5 Å². The maximum atomic E-state index is 12.2. The molecular formula is C13H19BrN2O. The predicted octanol–water partition coefficient (Wildman–Crippen LogP) is 3.57. The lowest BCUT2D eigenvalue weighted by Crippen LogP contribution is -2.22. The molecule has 2 aliphatic carbocycles. The van der Waals surface area contributed by atoms with Crippen LogP contribution in [-0.2, 0) is 0 Å². The number of nitrogens with zero attached hydrogens (tertiary/aromatic N) is 1. The highest BCUT2D eigenvalue weighted by molar-refractivity contribution is 9.10. The minimum Gasteiger partial charge on any atom is -0.298 e. The molecule has 3 nitrogen and oxygen atoms in total. The fraction of sp³-hybridized carbons (Fsp3) is 0.769. The van der Waals surface area contributed by atoms with Crippen molar-refractivity contribution < 1.29 is 0 Å². The summed E-state index contributed by atoms with van der Waals surface area (Å²) >= 11 is 3.48. The Morgan fingerprint density at radius 2 is 1.94 bits per heavy atom. The lowest BCUT2D eigenvalue weighted by atomic mass is 10.1. The molecule has 1 N–H and O–H groups in total. The summed E-state index contributed by atoms with van der Waals surface area (Å²) in [6.45, 7) is 2.15. The summed E-state index contributed by atoms with van der Waals surface area (Å²) in [5.41, 5.74) is 1.27. The summed E-state index contributed by atoms with van der Waals surface area (Å²) < 4.78 is 2.62. The Kier molecular flexibility index (Phi) is 2.93. The number of aromatic nitrogens is 2. The average molecular weight is 299 g/mol. The number of halogens is 1. The lowest BCUT2D eigenvalue weighted by molar-refractivity contribution is 0.423. The smallest absolute Gasteiger partial charge is 0.281 e. The van der Waals surface area contributed by atoms with Crippen LogP contribution in [0.15, 0.2) is 9.27 Å². The van der Waals surface area contributed by atoms with Gasteiger partial charge in [0.05, 0.1) is 11.7 Å². The molecule has 3 rings (SSSR count). The van der Waals surface area contributed by atoms with Crippen molar-refractivity contribution in [2.75, 3.05) is 0 Å². The van der Waals surface area contributed by atoms with Crippen molar-refractivity contribution in [3.05, 3.63) is 20.5 Å². The van der Waals surface area contributed by atoms with Gasteiger partial charge in [-0.3, -0.25) is 9.89 Å². The van der Waals surface area contributed by atoms with Crippen LogP contribution in [0.1, 0.15) is 63.1 Å². The molecule has 1 aromatic heterocycles. The zero-order valence-corrected chi connectivity index (χ0v) is 11.8. The highest BCUT2D eigenvalue weighted by atomic mass is 79.9. The zero-order chi connectivity index (χ0) is 12.0. The SMILES string of the molecule is CC(C1CC1)n1[nH]c(C2CCCC2)c(Br)c1=O. The zero-order valence-electron chi connectivity index (χ0n) is 10.2. The molecule has 94 valence electrons. The molecule has 0 saturated heterocycles. The van der Waals surface area contributed by atoms with Gasteiger partial charge in [-0.2, -0.15) is 0 Å². The van der Waals surface area contributed by atoms with Crippen LogP contribution in [0.5, 0.6) is 0 Å². The highest BCUT2D eigenvalue weighted by Gasteiger charge is 2.32. The van der Waals surface area contributed by atoms with Crippen LogP contribution >= 0.6 is 15.9 Å². The first-order chi connectivity index (χ1) is 8.18. The molecule has 17 heavy (non-hydrogen) atoms. The summed E-state index contributed by atoms with van der Waals surface area (Å²) in [5, 5.41) is 3.37. The molecule has 1 aromatic rings. The molecule has 1 atom stereocenters. The van der Waals surface area contributed by atoms with Gasteiger partial charge in [0.1, 0.15) is 4.47 Å². The van der Waals surface area contributed by atoms with Crippen LogP contribution in [0.4, 0.5) is 0 Å². The van der Waals surface area contributed by atoms with Gasteiger partial charge in [0.25, 0.3) is 5.56 Å². The van der Waals surface area contributed by atoms with Crippen LogP contribution in [-0.4, -0.2) is 9.78 Å². The van der Waals surface area contributed by atoms with E-state index in [2.05, 4.69) is 28.0 Å². The van der Waals surface area contributed by atoms with Crippen molar-refractivity contribution in [2.24, 2.45) is 5.92 Å². The van der Waals surface area contributed by atoms with Gasteiger partial charge in [0.15, 0.2) is 0 Å². The first-order valence-corrected chi connectivity index (χ1v) is 7.47. The molecular weight excluding hydrogens is 280 g/mol. The third-order valence-electron chi connectivity index (χ3n) is 4.36. The number of H-pyrrole nitrogens is 1. The van der Waals surface area contributed by atoms with Crippen molar-refractivity contribution in [1.82, 2.24) is 9.78 Å². The average Bonchev–Trinajstić information content (AvgIpc) is 2.96. The van der Waals surface area contributed by atoms with Crippen LogP contribution < -0.4 is 5.56 Å². The van der Waals surface area contributed by atoms with E-state index in [0.717, 1.165) is 10.2 Å². The number of nitrogens with one attached hydrogen (secondary N) is 1. The van der Waals surface area contributed by atoms with Crippen LogP contribution in [0, 0.1) is 5.92 Å². The Hall–Kier alpha value is -0.510. The molecule has 1 heterocycles. The molecule has 0 spiro atoms. The molecule has 4 heteroatoms. The maximum Gasteiger partial charge on any atom is 0.281 e. The normalized spacial score (nSPS) is 23.2. The standard InChI is InChI=1S/C13H19BrN2O/c1-8(9-6-7-9)16-13(17)11(14)12(15-16)10-4-2-3-5-10/h8-10,15H,2-7H2,1H3. The van der Waals surface area contributed by atoms with E-state index in [4.69, 9.17) is 0 Å². The van der Waals surface area contributed by atoms with Crippen molar-refractivity contribution in [3.8, 4) is 0 Å². The van der Waals surface area contributed by atoms with Crippen molar-refractivity contribution in [1.29, 1.82) is 0 Å². The second kappa shape index (κ2) is 4.30. The molecule has 2 aliphatic rings. The molecule has 2 saturated carbocycles. The topological polar surface area (TPSA) is 37.8 Å². The molecule has 2 fully saturated rings. The van der Waals surface area contributed by atoms with Gasteiger partial charge in [-0.05, 0) is 54.5 Å². The van der Waals surface area contributed by atoms with Gasteiger partial charge in [0, 0.05) is 5.92 Å². The predicted molar refractivity (Wildman–Crippen MR) is 71.4 cm³/mol. The van der Waals surface area contributed by atoms with Gasteiger partial charge in [-0.1, -0.05) is 12.8 Å². The Morgan fingerprint density at radius 1 is 1.29 bits per heavy atom. The maximum absolute atomic E-state index is 12.2. The van der Waals surface area contributed by atoms with E-state index < -0.39 is 0 Å². The van der Waals surface area contributed by atoms with E-state index in [1.54, 1.807) is 0 Å². The number of aromatic amines is 1. The van der Waals surface area contributed by atoms with E-state index in [1.807, 2.05) is 4.68 Å². The van der Waals surface area contributed by atoms with Crippen molar-refractivity contribution in [2.45, 2.75) is 57.4 Å². The third kappa shape index (κ3) is 2.01. The Labute approximate surface area is 110 Å². The highest BCUT2D eigenvalue weighted by Crippen LogP contribution is 2.40. The summed E-state index contributed by atoms with van der Waals surface area (Å²) in [5.74, 6) is 1.26. The fourth-order valence-electron chi connectivity index (χ4n) is 3.01. The monoisotopic (exact) mass is 298 g/mol. The quantitative estimate of drug-likeness (QED) is 0.910. The summed E-state index contributed by atoms with van der Waals surface area (Å²) in [4.78, 5) is 12.2. The van der Waals surface area contributed by atoms with Crippen molar-refractivity contribution in [3.63, 3.8) is 0 Å². The summed E-state index contributed by atoms with van der Waals surface area (Å²) in [6.07, 6.45) is 7.56. The molecule has 1 unspecified atom stereocenters. The largest absolute Gasteiger partial charge is 0.298 e. The first kappa shape index (κ1) is 11.6. The summed E-state index contributed by atoms with van der Waals surface area (Å²) in [7, 11) is 0. The Bertz CT molecular complexity index is 466. The molecule has 0 aliphatic heterocycles. The van der Waals surface area contributed by atoms with E-state index in [9.17, 15) is 4.79 Å². The number of rotatable bonds is 3. The molecule has 0 radical (unpaired) electrons. The summed E-state index contributed by atoms with van der Waals surface area (Å²) in [6, 6.07) is 0.328. The van der Waals surface area contributed by atoms with Gasteiger partial charge >= 0.3 is 0 Å². The number of hydrogen-bond acceptors (Lipinski definition) is 1. The van der Waals surface area contributed by atoms with E-state index >= 15 is 0 Å². The second-order valence-corrected chi connectivity index (χ2v) is 6.37. The molecule has 0 amide bonds. The first-order valence-electron chi connectivity index (χ1n) is 6.68. The molecule has 0 bridgehead atoms. The second-order valence-electron chi connectivity index (χ2n) is 5.57. The van der Waals surface area contributed by atoms with Gasteiger partial charge in [-0.15, -0.1) is 0 Å².